The Balaban J connectivity index is 0.000000537. The van der Waals surface area contributed by atoms with Crippen molar-refractivity contribution in [2.24, 2.45) is 9.98 Å². The molecule has 0 unspecified atom stereocenters. The van der Waals surface area contributed by atoms with Crippen LogP contribution in [0.4, 0.5) is 11.4 Å². The molecule has 0 N–H and O–H groups in total. The standard InChI is InChI=1S/C45H60N2O.C11H14N.Co/c1-3-4-5-6-7-8-9-10-11-12-13-14-15-16-17-18-19-26-34-48-45-43(39-28-22-20-23-29-39)35-42(36-44(45)40-30-24-21-25-31-40)47-38(2)41-32-27-33-46-37-41;1-5-12-11-9(3)6-8(2)7-10(11)4;/h20-25,27-33,35-37H,3-19,26,34H2,1-2H3;6-7H,1-4H3;. The molecule has 328 valence electrons. The Morgan fingerprint density at radius 1 is 0.557 bits per heavy atom. The predicted molar refractivity (Wildman–Crippen MR) is 261 cm³/mol. The van der Waals surface area contributed by atoms with E-state index in [2.05, 4.69) is 144 Å². The van der Waals surface area contributed by atoms with Gasteiger partial charge in [-0.2, -0.15) is 0 Å². The fourth-order valence-electron chi connectivity index (χ4n) is 8.01. The van der Waals surface area contributed by atoms with Gasteiger partial charge in [0.25, 0.3) is 0 Å². The second-order valence-electron chi connectivity index (χ2n) is 16.7. The van der Waals surface area contributed by atoms with E-state index >= 15 is 0 Å². The van der Waals surface area contributed by atoms with Crippen LogP contribution in [0.5, 0.6) is 5.75 Å². The summed E-state index contributed by atoms with van der Waals surface area (Å²) >= 11 is 4.23. The van der Waals surface area contributed by atoms with Gasteiger partial charge in [-0.15, -0.1) is 0 Å². The summed E-state index contributed by atoms with van der Waals surface area (Å²) < 4.78 is 7.49. The second-order valence-corrected chi connectivity index (χ2v) is 17.5. The first kappa shape index (κ1) is 49.3. The SMILES string of the molecule is CCCCCCCCCCCCCCCCCCCCOc1c(-c2ccccc2)cc(N=C(C)c2cccnc2)cc1-c1ccccc1.C[C]([Co])=Nc1c(C)cc(C)cc1C. The molecule has 0 aliphatic heterocycles. The van der Waals surface area contributed by atoms with Gasteiger partial charge in [0.2, 0.25) is 0 Å². The molecule has 1 aromatic heterocycles. The number of hydrogen-bond acceptors (Lipinski definition) is 4. The molecule has 61 heavy (non-hydrogen) atoms. The topological polar surface area (TPSA) is 46.8 Å². The Kier molecular flexibility index (Phi) is 23.5. The Morgan fingerprint density at radius 3 is 1.44 bits per heavy atom. The van der Waals surface area contributed by atoms with Crippen molar-refractivity contribution in [3.8, 4) is 28.0 Å². The van der Waals surface area contributed by atoms with E-state index in [-0.39, 0.29) is 0 Å². The molecule has 0 saturated heterocycles. The number of pyridine rings is 1. The van der Waals surface area contributed by atoms with E-state index in [1.54, 1.807) is 6.20 Å². The van der Waals surface area contributed by atoms with Gasteiger partial charge in [0.05, 0.1) is 12.3 Å². The first-order valence-corrected chi connectivity index (χ1v) is 23.9. The van der Waals surface area contributed by atoms with Crippen molar-refractivity contribution in [1.29, 1.82) is 0 Å². The first-order chi connectivity index (χ1) is 29.8. The van der Waals surface area contributed by atoms with Crippen LogP contribution in [0.2, 0.25) is 0 Å². The summed E-state index contributed by atoms with van der Waals surface area (Å²) in [6.07, 6.45) is 28.5. The minimum atomic E-state index is 0.718. The van der Waals surface area contributed by atoms with Crippen molar-refractivity contribution in [2.75, 3.05) is 6.61 Å². The van der Waals surface area contributed by atoms with E-state index in [4.69, 9.17) is 9.73 Å². The maximum absolute atomic E-state index is 6.69. The Morgan fingerprint density at radius 2 is 1.02 bits per heavy atom. The van der Waals surface area contributed by atoms with Gasteiger partial charge in [-0.3, -0.25) is 9.98 Å². The number of hydrogen-bond donors (Lipinski definition) is 0. The predicted octanol–water partition coefficient (Wildman–Crippen LogP) is 17.2. The third kappa shape index (κ3) is 18.7. The Bertz CT molecular complexity index is 1940. The van der Waals surface area contributed by atoms with E-state index in [1.807, 2.05) is 26.1 Å². The molecule has 0 amide bonds. The number of aromatic nitrogens is 1. The molecular formula is C56H74CoN3O. The van der Waals surface area contributed by atoms with Crippen molar-refractivity contribution in [1.82, 2.24) is 4.98 Å². The molecule has 0 radical (unpaired) electrons. The molecule has 5 heteroatoms. The molecule has 0 bridgehead atoms. The van der Waals surface area contributed by atoms with E-state index < -0.39 is 0 Å². The summed E-state index contributed by atoms with van der Waals surface area (Å²) in [5, 5.41) is 0. The minimum absolute atomic E-state index is 0.718. The summed E-state index contributed by atoms with van der Waals surface area (Å²) in [5.74, 6) is 0.942. The molecule has 1 heterocycles. The van der Waals surface area contributed by atoms with Crippen LogP contribution < -0.4 is 4.74 Å². The average molecular weight is 864 g/mol. The number of unbranched alkanes of at least 4 members (excludes halogenated alkanes) is 17. The molecule has 4 aromatic carbocycles. The molecule has 0 atom stereocenters. The van der Waals surface area contributed by atoms with E-state index in [0.717, 1.165) is 68.3 Å². The molecule has 5 rings (SSSR count). The zero-order chi connectivity index (χ0) is 43.5. The van der Waals surface area contributed by atoms with Crippen LogP contribution in [-0.4, -0.2) is 21.9 Å². The quantitative estimate of drug-likeness (QED) is 0.0433. The van der Waals surface area contributed by atoms with Crippen LogP contribution in [0.25, 0.3) is 22.3 Å². The summed E-state index contributed by atoms with van der Waals surface area (Å²) in [4.78, 5) is 13.7. The number of ether oxygens (including phenoxy) is 1. The molecule has 5 aromatic rings. The fourth-order valence-corrected chi connectivity index (χ4v) is 8.13. The summed E-state index contributed by atoms with van der Waals surface area (Å²) in [7, 11) is 0. The molecule has 0 saturated carbocycles. The third-order valence-corrected chi connectivity index (χ3v) is 11.4. The summed E-state index contributed by atoms with van der Waals surface area (Å²) in [6, 6.07) is 33.8. The van der Waals surface area contributed by atoms with Gasteiger partial charge >= 0.3 is 87.6 Å². The first-order valence-electron chi connectivity index (χ1n) is 23.4. The van der Waals surface area contributed by atoms with Gasteiger partial charge in [0.1, 0.15) is 5.75 Å². The third-order valence-electron chi connectivity index (χ3n) is 11.3. The van der Waals surface area contributed by atoms with Crippen molar-refractivity contribution in [3.63, 3.8) is 0 Å². The zero-order valence-electron chi connectivity index (χ0n) is 38.4. The van der Waals surface area contributed by atoms with E-state index in [1.165, 1.54) is 126 Å². The molecule has 0 aliphatic rings. The molecular weight excluding hydrogens is 790 g/mol. The number of nitrogens with zero attached hydrogens (tertiary/aromatic N) is 3. The van der Waals surface area contributed by atoms with Crippen LogP contribution in [0.3, 0.4) is 0 Å². The van der Waals surface area contributed by atoms with Gasteiger partial charge < -0.3 is 4.74 Å². The molecule has 0 spiro atoms. The fraction of sp³-hybridized carbons (Fsp3) is 0.446. The normalized spacial score (nSPS) is 11.7. The van der Waals surface area contributed by atoms with Crippen molar-refractivity contribution in [3.05, 3.63) is 132 Å². The monoisotopic (exact) mass is 864 g/mol. The second kappa shape index (κ2) is 29.1. The number of rotatable bonds is 25. The molecule has 0 aliphatic carbocycles. The molecule has 4 nitrogen and oxygen atoms in total. The summed E-state index contributed by atoms with van der Waals surface area (Å²) in [6.45, 7) is 13.2. The molecule has 0 fully saturated rings. The van der Waals surface area contributed by atoms with Gasteiger partial charge in [-0.05, 0) is 42.7 Å². The van der Waals surface area contributed by atoms with E-state index in [9.17, 15) is 0 Å². The zero-order valence-corrected chi connectivity index (χ0v) is 39.5. The number of aryl methyl sites for hydroxylation is 3. The van der Waals surface area contributed by atoms with E-state index in [0.29, 0.717) is 0 Å². The van der Waals surface area contributed by atoms with Crippen molar-refractivity contribution < 1.29 is 20.5 Å². The van der Waals surface area contributed by atoms with Gasteiger partial charge in [-0.25, -0.2) is 0 Å². The van der Waals surface area contributed by atoms with Crippen LogP contribution in [0.1, 0.15) is 159 Å². The average Bonchev–Trinajstić information content (AvgIpc) is 3.27. The Labute approximate surface area is 378 Å². The van der Waals surface area contributed by atoms with Crippen LogP contribution >= 0.6 is 0 Å². The van der Waals surface area contributed by atoms with Crippen molar-refractivity contribution >= 4 is 21.7 Å². The van der Waals surface area contributed by atoms with Gasteiger partial charge in [0, 0.05) is 34.8 Å². The summed E-state index contributed by atoms with van der Waals surface area (Å²) in [5.41, 5.74) is 12.1. The van der Waals surface area contributed by atoms with Crippen LogP contribution in [0.15, 0.2) is 119 Å². The van der Waals surface area contributed by atoms with Crippen molar-refractivity contribution in [2.45, 2.75) is 157 Å². The van der Waals surface area contributed by atoms with Gasteiger partial charge in [-0.1, -0.05) is 183 Å². The van der Waals surface area contributed by atoms with Crippen LogP contribution in [-0.2, 0) is 15.7 Å². The maximum atomic E-state index is 6.69. The number of benzene rings is 4. The van der Waals surface area contributed by atoms with Crippen LogP contribution in [0, 0.1) is 20.8 Å². The number of aliphatic imine (C=N–C) groups is 2. The Hall–Kier alpha value is -4.32. The van der Waals surface area contributed by atoms with Gasteiger partial charge in [0.15, 0.2) is 0 Å².